The molecule has 0 spiro atoms. The molecule has 0 atom stereocenters. The first-order chi connectivity index (χ1) is 24.6. The van der Waals surface area contributed by atoms with Crippen LogP contribution >= 0.6 is 0 Å². The topological polar surface area (TPSA) is 34.2 Å². The molecule has 10 rings (SSSR count). The molecule has 4 nitrogen and oxygen atoms in total. The van der Waals surface area contributed by atoms with Crippen molar-refractivity contribution in [2.75, 3.05) is 4.90 Å². The number of fused-ring (bicyclic) bond motifs is 8. The Morgan fingerprint density at radius 2 is 1.20 bits per heavy atom. The molecule has 1 aliphatic rings. The van der Waals surface area contributed by atoms with E-state index in [0.717, 1.165) is 67.0 Å². The number of aromatic nitrogens is 2. The maximum atomic E-state index is 6.23. The smallest absolute Gasteiger partial charge is 0.136 e. The fraction of sp³-hybridized carbons (Fsp3) is 0.0652. The molecule has 9 aromatic rings. The zero-order valence-electron chi connectivity index (χ0n) is 27.8. The molecule has 0 saturated carbocycles. The molecule has 0 radical (unpaired) electrons. The molecule has 238 valence electrons. The van der Waals surface area contributed by atoms with Crippen molar-refractivity contribution in [2.45, 2.75) is 19.3 Å². The second-order valence-corrected chi connectivity index (χ2v) is 13.6. The Morgan fingerprint density at radius 3 is 2.00 bits per heavy atom. The maximum absolute atomic E-state index is 6.23. The van der Waals surface area contributed by atoms with Crippen molar-refractivity contribution in [1.29, 1.82) is 0 Å². The summed E-state index contributed by atoms with van der Waals surface area (Å²) in [5.41, 5.74) is 14.1. The second-order valence-electron chi connectivity index (χ2n) is 13.6. The first kappa shape index (κ1) is 28.6. The van der Waals surface area contributed by atoms with E-state index >= 15 is 0 Å². The minimum absolute atomic E-state index is 0.261. The van der Waals surface area contributed by atoms with Crippen molar-refractivity contribution in [3.63, 3.8) is 0 Å². The Balaban J connectivity index is 1.17. The predicted molar refractivity (Wildman–Crippen MR) is 206 cm³/mol. The number of nitrogens with zero attached hydrogens (tertiary/aromatic N) is 3. The van der Waals surface area contributed by atoms with Gasteiger partial charge in [-0.15, -0.1) is 0 Å². The van der Waals surface area contributed by atoms with Crippen LogP contribution in [-0.4, -0.2) is 9.55 Å². The summed E-state index contributed by atoms with van der Waals surface area (Å²) in [4.78, 5) is 7.57. The van der Waals surface area contributed by atoms with E-state index in [9.17, 15) is 0 Å². The van der Waals surface area contributed by atoms with Crippen molar-refractivity contribution in [3.8, 4) is 27.9 Å². The monoisotopic (exact) mass is 643 g/mol. The SMILES string of the molecule is CC1(C)c2cccc(N(c3ccc(-c4ccccc4)cc3)c3ccc(-c4cccc5oc6ccccc6c45)cc3)c2-n2c1nc1ccccc12. The van der Waals surface area contributed by atoms with Gasteiger partial charge in [-0.25, -0.2) is 4.98 Å². The zero-order valence-corrected chi connectivity index (χ0v) is 27.8. The van der Waals surface area contributed by atoms with Gasteiger partial charge in [0.15, 0.2) is 0 Å². The quantitative estimate of drug-likeness (QED) is 0.187. The van der Waals surface area contributed by atoms with Gasteiger partial charge in [0, 0.05) is 22.1 Å². The molecule has 1 aliphatic heterocycles. The van der Waals surface area contributed by atoms with Gasteiger partial charge in [0.05, 0.1) is 27.8 Å². The van der Waals surface area contributed by atoms with E-state index in [4.69, 9.17) is 9.40 Å². The van der Waals surface area contributed by atoms with Crippen LogP contribution in [0.25, 0.3) is 60.9 Å². The Hall–Kier alpha value is -6.39. The third kappa shape index (κ3) is 4.21. The third-order valence-corrected chi connectivity index (χ3v) is 10.3. The highest BCUT2D eigenvalue weighted by molar-refractivity contribution is 6.12. The summed E-state index contributed by atoms with van der Waals surface area (Å²) in [6.07, 6.45) is 0. The number of hydrogen-bond acceptors (Lipinski definition) is 3. The van der Waals surface area contributed by atoms with E-state index in [1.54, 1.807) is 0 Å². The highest BCUT2D eigenvalue weighted by Gasteiger charge is 2.41. The van der Waals surface area contributed by atoms with E-state index in [0.29, 0.717) is 0 Å². The average molecular weight is 644 g/mol. The van der Waals surface area contributed by atoms with E-state index < -0.39 is 0 Å². The van der Waals surface area contributed by atoms with E-state index in [-0.39, 0.29) is 5.41 Å². The molecular formula is C46H33N3O. The molecule has 3 heterocycles. The van der Waals surface area contributed by atoms with E-state index in [2.05, 4.69) is 175 Å². The zero-order chi connectivity index (χ0) is 33.4. The van der Waals surface area contributed by atoms with Gasteiger partial charge in [-0.2, -0.15) is 0 Å². The average Bonchev–Trinajstić information content (AvgIpc) is 3.81. The normalized spacial score (nSPS) is 13.2. The van der Waals surface area contributed by atoms with Crippen molar-refractivity contribution in [2.24, 2.45) is 0 Å². The fourth-order valence-corrected chi connectivity index (χ4v) is 7.91. The van der Waals surface area contributed by atoms with E-state index in [1.165, 1.54) is 22.4 Å². The summed E-state index contributed by atoms with van der Waals surface area (Å²) in [7, 11) is 0. The van der Waals surface area contributed by atoms with Crippen LogP contribution < -0.4 is 4.90 Å². The molecule has 50 heavy (non-hydrogen) atoms. The Kier molecular flexibility index (Phi) is 6.19. The molecule has 0 fully saturated rings. The maximum Gasteiger partial charge on any atom is 0.136 e. The summed E-state index contributed by atoms with van der Waals surface area (Å²) in [6, 6.07) is 58.2. The van der Waals surface area contributed by atoms with Crippen LogP contribution in [-0.2, 0) is 5.41 Å². The second kappa shape index (κ2) is 10.8. The van der Waals surface area contributed by atoms with Gasteiger partial charge < -0.3 is 9.32 Å². The molecule has 0 unspecified atom stereocenters. The van der Waals surface area contributed by atoms with Gasteiger partial charge >= 0.3 is 0 Å². The molecule has 0 saturated heterocycles. The van der Waals surface area contributed by atoms with Crippen molar-refractivity contribution in [3.05, 3.63) is 175 Å². The largest absolute Gasteiger partial charge is 0.456 e. The van der Waals surface area contributed by atoms with Crippen LogP contribution in [0.1, 0.15) is 25.2 Å². The van der Waals surface area contributed by atoms with Crippen LogP contribution in [0.4, 0.5) is 17.1 Å². The number of rotatable bonds is 5. The molecular weight excluding hydrogens is 611 g/mol. The summed E-state index contributed by atoms with van der Waals surface area (Å²) in [6.45, 7) is 4.57. The van der Waals surface area contributed by atoms with Crippen molar-refractivity contribution >= 4 is 50.0 Å². The molecule has 4 heteroatoms. The summed E-state index contributed by atoms with van der Waals surface area (Å²) >= 11 is 0. The van der Waals surface area contributed by atoms with Gasteiger partial charge in [0.1, 0.15) is 17.0 Å². The molecule has 2 aromatic heterocycles. The standard InChI is InChI=1S/C46H33N3O/c1-46(2)37-16-11-19-40(44(37)49-39-18-8-7-17-38(39)47-45(46)49)48(33-26-22-31(23-27-33)30-12-4-3-5-13-30)34-28-24-32(25-29-34)35-15-10-21-42-43(35)36-14-6-9-20-41(36)50-42/h3-29H,1-2H3. The lowest BCUT2D eigenvalue weighted by atomic mass is 9.85. The number of para-hydroxylation sites is 4. The number of imidazole rings is 1. The lowest BCUT2D eigenvalue weighted by molar-refractivity contribution is 0.621. The summed E-state index contributed by atoms with van der Waals surface area (Å²) in [5, 5.41) is 2.28. The van der Waals surface area contributed by atoms with Crippen molar-refractivity contribution < 1.29 is 4.42 Å². The van der Waals surface area contributed by atoms with Gasteiger partial charge in [0.2, 0.25) is 0 Å². The van der Waals surface area contributed by atoms with Crippen LogP contribution in [0.2, 0.25) is 0 Å². The lowest BCUT2D eigenvalue weighted by Gasteiger charge is -2.29. The molecule has 0 N–H and O–H groups in total. The first-order valence-corrected chi connectivity index (χ1v) is 17.1. The van der Waals surface area contributed by atoms with Gasteiger partial charge in [-0.3, -0.25) is 4.57 Å². The predicted octanol–water partition coefficient (Wildman–Crippen LogP) is 12.4. The van der Waals surface area contributed by atoms with E-state index in [1.807, 2.05) is 12.1 Å². The number of benzene rings is 7. The Bertz CT molecular complexity index is 2720. The highest BCUT2D eigenvalue weighted by Crippen LogP contribution is 2.50. The Morgan fingerprint density at radius 1 is 0.560 bits per heavy atom. The van der Waals surface area contributed by atoms with Gasteiger partial charge in [0.25, 0.3) is 0 Å². The van der Waals surface area contributed by atoms with Crippen LogP contribution in [0, 0.1) is 0 Å². The summed E-state index contributed by atoms with van der Waals surface area (Å²) < 4.78 is 8.61. The number of anilines is 3. The highest BCUT2D eigenvalue weighted by atomic mass is 16.3. The molecule has 7 aromatic carbocycles. The third-order valence-electron chi connectivity index (χ3n) is 10.3. The van der Waals surface area contributed by atoms with Crippen molar-refractivity contribution in [1.82, 2.24) is 9.55 Å². The number of furan rings is 1. The summed E-state index contributed by atoms with van der Waals surface area (Å²) in [5.74, 6) is 1.07. The van der Waals surface area contributed by atoms with Crippen LogP contribution in [0.5, 0.6) is 0 Å². The lowest BCUT2D eigenvalue weighted by Crippen LogP contribution is -2.17. The first-order valence-electron chi connectivity index (χ1n) is 17.1. The molecule has 0 aliphatic carbocycles. The van der Waals surface area contributed by atoms with Crippen LogP contribution in [0.3, 0.4) is 0 Å². The number of hydrogen-bond donors (Lipinski definition) is 0. The van der Waals surface area contributed by atoms with Crippen LogP contribution in [0.15, 0.2) is 168 Å². The van der Waals surface area contributed by atoms with Gasteiger partial charge in [-0.1, -0.05) is 109 Å². The Labute approximate surface area is 290 Å². The molecule has 0 bridgehead atoms. The molecule has 0 amide bonds. The van der Waals surface area contributed by atoms with Gasteiger partial charge in [-0.05, 0) is 96.3 Å². The minimum Gasteiger partial charge on any atom is -0.456 e. The minimum atomic E-state index is -0.261. The fourth-order valence-electron chi connectivity index (χ4n) is 7.91.